The second-order valence-corrected chi connectivity index (χ2v) is 6.62. The van der Waals surface area contributed by atoms with E-state index in [2.05, 4.69) is 15.3 Å². The van der Waals surface area contributed by atoms with E-state index in [1.165, 1.54) is 0 Å². The summed E-state index contributed by atoms with van der Waals surface area (Å²) in [7, 11) is 1.64. The number of anilines is 1. The minimum atomic E-state index is -0.284. The summed E-state index contributed by atoms with van der Waals surface area (Å²) in [6.07, 6.45) is 3.54. The van der Waals surface area contributed by atoms with Gasteiger partial charge in [0.25, 0.3) is 0 Å². The number of aryl methyl sites for hydroxylation is 1. The highest BCUT2D eigenvalue weighted by Crippen LogP contribution is 2.36. The molecule has 0 fully saturated rings. The second-order valence-electron chi connectivity index (χ2n) is 6.62. The first-order valence-corrected chi connectivity index (χ1v) is 9.05. The molecule has 0 aliphatic rings. The third-order valence-corrected chi connectivity index (χ3v) is 4.74. The van der Waals surface area contributed by atoms with Gasteiger partial charge in [-0.1, -0.05) is 24.3 Å². The Hall–Kier alpha value is -3.60. The summed E-state index contributed by atoms with van der Waals surface area (Å²) in [6.45, 7) is 1.92. The first-order chi connectivity index (χ1) is 13.7. The van der Waals surface area contributed by atoms with E-state index in [1.807, 2.05) is 67.6 Å². The van der Waals surface area contributed by atoms with Gasteiger partial charge < -0.3 is 15.2 Å². The highest BCUT2D eigenvalue weighted by atomic mass is 16.5. The van der Waals surface area contributed by atoms with E-state index in [9.17, 15) is 5.11 Å². The lowest BCUT2D eigenvalue weighted by molar-refractivity contribution is 0.415. The zero-order chi connectivity index (χ0) is 19.5. The number of phenolic OH excluding ortho intramolecular Hbond substituents is 1. The highest BCUT2D eigenvalue weighted by molar-refractivity contribution is 5.86. The first-order valence-electron chi connectivity index (χ1n) is 9.05. The fourth-order valence-corrected chi connectivity index (χ4v) is 3.26. The summed E-state index contributed by atoms with van der Waals surface area (Å²) in [5.74, 6) is 0.966. The van der Waals surface area contributed by atoms with Gasteiger partial charge in [0.2, 0.25) is 0 Å². The lowest BCUT2D eigenvalue weighted by Gasteiger charge is -2.22. The number of benzene rings is 2. The number of fused-ring (bicyclic) bond motifs is 1. The number of ether oxygens (including phenoxy) is 1. The molecule has 2 aromatic heterocycles. The zero-order valence-corrected chi connectivity index (χ0v) is 15.8. The van der Waals surface area contributed by atoms with Gasteiger partial charge >= 0.3 is 0 Å². The smallest absolute Gasteiger partial charge is 0.147 e. The maximum absolute atomic E-state index is 11.0. The van der Waals surface area contributed by atoms with E-state index in [0.717, 1.165) is 33.6 Å². The Kier molecular flexibility index (Phi) is 4.81. The maximum Gasteiger partial charge on any atom is 0.147 e. The van der Waals surface area contributed by atoms with Gasteiger partial charge in [-0.15, -0.1) is 0 Å². The van der Waals surface area contributed by atoms with Gasteiger partial charge in [0.15, 0.2) is 0 Å². The lowest BCUT2D eigenvalue weighted by atomic mass is 9.97. The van der Waals surface area contributed by atoms with Crippen LogP contribution in [0.25, 0.3) is 10.9 Å². The second kappa shape index (κ2) is 7.56. The number of aromatic hydroxyl groups is 1. The van der Waals surface area contributed by atoms with Crippen LogP contribution >= 0.6 is 0 Å². The summed E-state index contributed by atoms with van der Waals surface area (Å²) < 4.78 is 5.24. The summed E-state index contributed by atoms with van der Waals surface area (Å²) >= 11 is 0. The molecule has 0 aliphatic heterocycles. The molecule has 2 aromatic carbocycles. The zero-order valence-electron chi connectivity index (χ0n) is 15.8. The fourth-order valence-electron chi connectivity index (χ4n) is 3.26. The molecule has 1 atom stereocenters. The Labute approximate surface area is 163 Å². The number of phenols is 1. The molecule has 0 amide bonds. The van der Waals surface area contributed by atoms with E-state index < -0.39 is 0 Å². The van der Waals surface area contributed by atoms with Gasteiger partial charge in [-0.3, -0.25) is 4.98 Å². The van der Waals surface area contributed by atoms with Gasteiger partial charge in [-0.05, 0) is 48.9 Å². The molecular formula is C23H21N3O2. The van der Waals surface area contributed by atoms with E-state index >= 15 is 0 Å². The molecule has 28 heavy (non-hydrogen) atoms. The van der Waals surface area contributed by atoms with Crippen LogP contribution in [0, 0.1) is 6.92 Å². The van der Waals surface area contributed by atoms with E-state index in [-0.39, 0.29) is 11.8 Å². The van der Waals surface area contributed by atoms with Crippen molar-refractivity contribution in [2.45, 2.75) is 13.0 Å². The van der Waals surface area contributed by atoms with Crippen molar-refractivity contribution in [1.82, 2.24) is 9.97 Å². The van der Waals surface area contributed by atoms with Crippen LogP contribution in [-0.4, -0.2) is 22.2 Å². The Morgan fingerprint density at radius 2 is 1.79 bits per heavy atom. The third kappa shape index (κ3) is 3.47. The molecule has 1 unspecified atom stereocenters. The monoisotopic (exact) mass is 371 g/mol. The standard InChI is InChI=1S/C23H21N3O2/c1-15-5-6-16-7-12-20(23(27)22(16)25-15)21(17-4-3-13-24-14-17)26-18-8-10-19(28-2)11-9-18/h3-14,21,26-27H,1-2H3. The van der Waals surface area contributed by atoms with Crippen molar-refractivity contribution in [2.75, 3.05) is 12.4 Å². The molecule has 4 rings (SSSR count). The van der Waals surface area contributed by atoms with Gasteiger partial charge in [0.1, 0.15) is 17.0 Å². The molecule has 2 N–H and O–H groups in total. The number of methoxy groups -OCH3 is 1. The third-order valence-electron chi connectivity index (χ3n) is 4.74. The topological polar surface area (TPSA) is 67.3 Å². The lowest BCUT2D eigenvalue weighted by Crippen LogP contribution is -2.13. The van der Waals surface area contributed by atoms with Crippen molar-refractivity contribution < 1.29 is 9.84 Å². The number of aromatic nitrogens is 2. The first kappa shape index (κ1) is 17.8. The van der Waals surface area contributed by atoms with Gasteiger partial charge in [-0.2, -0.15) is 0 Å². The van der Waals surface area contributed by atoms with Crippen LogP contribution in [0.3, 0.4) is 0 Å². The van der Waals surface area contributed by atoms with Crippen LogP contribution in [0.1, 0.15) is 22.9 Å². The summed E-state index contributed by atoms with van der Waals surface area (Å²) in [4.78, 5) is 8.78. The molecule has 0 radical (unpaired) electrons. The molecule has 0 spiro atoms. The minimum Gasteiger partial charge on any atom is -0.505 e. The number of hydrogen-bond donors (Lipinski definition) is 2. The maximum atomic E-state index is 11.0. The quantitative estimate of drug-likeness (QED) is 0.525. The van der Waals surface area contributed by atoms with Gasteiger partial charge in [-0.25, -0.2) is 4.98 Å². The van der Waals surface area contributed by atoms with Crippen LogP contribution < -0.4 is 10.1 Å². The molecule has 140 valence electrons. The van der Waals surface area contributed by atoms with E-state index in [0.29, 0.717) is 5.52 Å². The minimum absolute atomic E-state index is 0.177. The fraction of sp³-hybridized carbons (Fsp3) is 0.130. The molecule has 0 aliphatic carbocycles. The highest BCUT2D eigenvalue weighted by Gasteiger charge is 2.20. The van der Waals surface area contributed by atoms with Crippen LogP contribution in [0.4, 0.5) is 5.69 Å². The molecular weight excluding hydrogens is 350 g/mol. The molecule has 5 nitrogen and oxygen atoms in total. The Morgan fingerprint density at radius 3 is 2.50 bits per heavy atom. The van der Waals surface area contributed by atoms with E-state index in [4.69, 9.17) is 4.74 Å². The van der Waals surface area contributed by atoms with Crippen LogP contribution in [-0.2, 0) is 0 Å². The van der Waals surface area contributed by atoms with Crippen LogP contribution in [0.15, 0.2) is 73.1 Å². The van der Waals surface area contributed by atoms with Crippen LogP contribution in [0.5, 0.6) is 11.5 Å². The van der Waals surface area contributed by atoms with Gasteiger partial charge in [0.05, 0.1) is 13.2 Å². The Bertz CT molecular complexity index is 1100. The molecule has 2 heterocycles. The van der Waals surface area contributed by atoms with Crippen molar-refractivity contribution in [3.63, 3.8) is 0 Å². The summed E-state index contributed by atoms with van der Waals surface area (Å²) in [5.41, 5.74) is 4.06. The van der Waals surface area contributed by atoms with Crippen molar-refractivity contribution in [3.05, 3.63) is 89.9 Å². The molecule has 0 saturated carbocycles. The normalized spacial score (nSPS) is 11.9. The predicted octanol–water partition coefficient (Wildman–Crippen LogP) is 4.85. The Balaban J connectivity index is 1.81. The van der Waals surface area contributed by atoms with Crippen LogP contribution in [0.2, 0.25) is 0 Å². The summed E-state index contributed by atoms with van der Waals surface area (Å²) in [5, 5.41) is 15.4. The van der Waals surface area contributed by atoms with Crippen molar-refractivity contribution >= 4 is 16.6 Å². The van der Waals surface area contributed by atoms with Crippen molar-refractivity contribution in [3.8, 4) is 11.5 Å². The molecule has 5 heteroatoms. The average molecular weight is 371 g/mol. The number of hydrogen-bond acceptors (Lipinski definition) is 5. The predicted molar refractivity (Wildman–Crippen MR) is 111 cm³/mol. The average Bonchev–Trinajstić information content (AvgIpc) is 2.74. The molecule has 4 aromatic rings. The number of rotatable bonds is 5. The molecule has 0 bridgehead atoms. The van der Waals surface area contributed by atoms with Crippen molar-refractivity contribution in [1.29, 1.82) is 0 Å². The largest absolute Gasteiger partial charge is 0.505 e. The molecule has 0 saturated heterocycles. The summed E-state index contributed by atoms with van der Waals surface area (Å²) in [6, 6.07) is 19.1. The van der Waals surface area contributed by atoms with Crippen molar-refractivity contribution in [2.24, 2.45) is 0 Å². The SMILES string of the molecule is COc1ccc(NC(c2cccnc2)c2ccc3ccc(C)nc3c2O)cc1. The number of nitrogens with one attached hydrogen (secondary N) is 1. The number of nitrogens with zero attached hydrogens (tertiary/aromatic N) is 2. The van der Waals surface area contributed by atoms with E-state index in [1.54, 1.807) is 19.5 Å². The van der Waals surface area contributed by atoms with Gasteiger partial charge in [0, 0.05) is 34.7 Å². The Morgan fingerprint density at radius 1 is 1.00 bits per heavy atom. The number of pyridine rings is 2.